The zero-order chi connectivity index (χ0) is 9.10. The van der Waals surface area contributed by atoms with Crippen LogP contribution in [0.1, 0.15) is 45.4 Å². The van der Waals surface area contributed by atoms with Crippen molar-refractivity contribution in [2.45, 2.75) is 51.0 Å². The van der Waals surface area contributed by atoms with Crippen molar-refractivity contribution in [1.29, 1.82) is 0 Å². The molecule has 4 atom stereocenters. The summed E-state index contributed by atoms with van der Waals surface area (Å²) in [4.78, 5) is 0. The van der Waals surface area contributed by atoms with Gasteiger partial charge in [-0.3, -0.25) is 0 Å². The summed E-state index contributed by atoms with van der Waals surface area (Å²) in [6, 6.07) is 0. The van der Waals surface area contributed by atoms with Crippen molar-refractivity contribution in [3.63, 3.8) is 0 Å². The van der Waals surface area contributed by atoms with Crippen molar-refractivity contribution in [3.8, 4) is 0 Å². The Labute approximate surface area is 81.3 Å². The van der Waals surface area contributed by atoms with Crippen LogP contribution < -0.4 is 5.32 Å². The van der Waals surface area contributed by atoms with Crippen molar-refractivity contribution in [1.82, 2.24) is 5.32 Å². The van der Waals surface area contributed by atoms with E-state index in [1.54, 1.807) is 0 Å². The second kappa shape index (κ2) is 2.31. The topological polar surface area (TPSA) is 12.0 Å². The Morgan fingerprint density at radius 3 is 2.62 bits per heavy atom. The third kappa shape index (κ3) is 0.707. The van der Waals surface area contributed by atoms with Gasteiger partial charge in [0, 0.05) is 5.54 Å². The smallest absolute Gasteiger partial charge is 0.0263 e. The molecule has 3 saturated carbocycles. The molecule has 1 nitrogen and oxygen atoms in total. The predicted octanol–water partition coefficient (Wildman–Crippen LogP) is 2.56. The minimum Gasteiger partial charge on any atom is -0.313 e. The largest absolute Gasteiger partial charge is 0.313 e. The van der Waals surface area contributed by atoms with Gasteiger partial charge in [0.2, 0.25) is 0 Å². The van der Waals surface area contributed by atoms with Crippen molar-refractivity contribution < 1.29 is 0 Å². The van der Waals surface area contributed by atoms with Gasteiger partial charge in [0.05, 0.1) is 0 Å². The van der Waals surface area contributed by atoms with Crippen LogP contribution in [0.5, 0.6) is 0 Å². The lowest BCUT2D eigenvalue weighted by atomic mass is 9.64. The highest BCUT2D eigenvalue weighted by atomic mass is 15.0. The molecule has 0 spiro atoms. The Morgan fingerprint density at radius 2 is 1.92 bits per heavy atom. The normalized spacial score (nSPS) is 58.6. The van der Waals surface area contributed by atoms with Crippen LogP contribution in [0.2, 0.25) is 0 Å². The van der Waals surface area contributed by atoms with E-state index in [4.69, 9.17) is 0 Å². The molecule has 0 aliphatic heterocycles. The summed E-state index contributed by atoms with van der Waals surface area (Å²) in [5.41, 5.74) is 1.21. The van der Waals surface area contributed by atoms with Crippen molar-refractivity contribution in [3.05, 3.63) is 0 Å². The number of hydrogen-bond acceptors (Lipinski definition) is 1. The van der Waals surface area contributed by atoms with E-state index in [1.807, 2.05) is 0 Å². The fourth-order valence-electron chi connectivity index (χ4n) is 5.10. The number of hydrogen-bond donors (Lipinski definition) is 1. The van der Waals surface area contributed by atoms with E-state index in [0.717, 1.165) is 11.8 Å². The first kappa shape index (κ1) is 8.28. The van der Waals surface area contributed by atoms with Crippen LogP contribution in [-0.2, 0) is 0 Å². The molecule has 1 heteroatoms. The lowest BCUT2D eigenvalue weighted by Crippen LogP contribution is -2.56. The maximum atomic E-state index is 3.71. The maximum Gasteiger partial charge on any atom is 0.0263 e. The summed E-state index contributed by atoms with van der Waals surface area (Å²) < 4.78 is 0. The van der Waals surface area contributed by atoms with E-state index >= 15 is 0 Å². The van der Waals surface area contributed by atoms with Gasteiger partial charge in [0.25, 0.3) is 0 Å². The molecule has 0 aromatic carbocycles. The number of fused-ring (bicyclic) bond motifs is 5. The molecular formula is C12H21N. The van der Waals surface area contributed by atoms with Crippen LogP contribution in [0.15, 0.2) is 0 Å². The third-order valence-electron chi connectivity index (χ3n) is 5.76. The highest BCUT2D eigenvalue weighted by Gasteiger charge is 2.65. The van der Waals surface area contributed by atoms with Gasteiger partial charge in [-0.25, -0.2) is 0 Å². The monoisotopic (exact) mass is 179 g/mol. The fraction of sp³-hybridized carbons (Fsp3) is 1.00. The summed E-state index contributed by atoms with van der Waals surface area (Å²) in [6.45, 7) is 2.56. The summed E-state index contributed by atoms with van der Waals surface area (Å²) >= 11 is 0. The van der Waals surface area contributed by atoms with E-state index in [1.165, 1.54) is 38.5 Å². The lowest BCUT2D eigenvalue weighted by Gasteiger charge is -2.47. The Kier molecular flexibility index (Phi) is 1.47. The van der Waals surface area contributed by atoms with Gasteiger partial charge in [-0.2, -0.15) is 0 Å². The average Bonchev–Trinajstić information content (AvgIpc) is 2.72. The molecule has 3 aliphatic carbocycles. The molecule has 13 heavy (non-hydrogen) atoms. The molecule has 3 rings (SSSR count). The van der Waals surface area contributed by atoms with Gasteiger partial charge >= 0.3 is 0 Å². The summed E-state index contributed by atoms with van der Waals surface area (Å²) in [6.07, 6.45) is 8.93. The first-order valence-electron chi connectivity index (χ1n) is 5.92. The molecule has 0 heterocycles. The van der Waals surface area contributed by atoms with E-state index in [-0.39, 0.29) is 0 Å². The van der Waals surface area contributed by atoms with Crippen molar-refractivity contribution >= 4 is 0 Å². The maximum absolute atomic E-state index is 3.71. The zero-order valence-corrected chi connectivity index (χ0v) is 8.90. The third-order valence-corrected chi connectivity index (χ3v) is 5.76. The molecule has 74 valence electrons. The first-order valence-corrected chi connectivity index (χ1v) is 5.92. The molecule has 2 bridgehead atoms. The highest BCUT2D eigenvalue weighted by molar-refractivity contribution is 5.20. The van der Waals surface area contributed by atoms with Gasteiger partial charge in [0.1, 0.15) is 0 Å². The summed E-state index contributed by atoms with van der Waals surface area (Å²) in [5, 5.41) is 3.71. The van der Waals surface area contributed by atoms with Crippen LogP contribution in [-0.4, -0.2) is 12.6 Å². The standard InChI is InChI=1S/C12H21N/c1-11-6-3-7-12(11,13-2)10-5-4-9(11)8-10/h9-10,13H,3-8H2,1-2H3/t9-,10-,11+,12+/m1/s1. The van der Waals surface area contributed by atoms with Gasteiger partial charge in [-0.1, -0.05) is 13.3 Å². The average molecular weight is 179 g/mol. The zero-order valence-electron chi connectivity index (χ0n) is 8.90. The molecular weight excluding hydrogens is 158 g/mol. The molecule has 3 aliphatic rings. The van der Waals surface area contributed by atoms with Crippen LogP contribution >= 0.6 is 0 Å². The van der Waals surface area contributed by atoms with Crippen molar-refractivity contribution in [2.24, 2.45) is 17.3 Å². The molecule has 0 aromatic rings. The SMILES string of the molecule is CN[C@]12CCC[C@@]1(C)[C@@H]1CC[C@@H]2C1. The summed E-state index contributed by atoms with van der Waals surface area (Å²) in [7, 11) is 2.20. The molecule has 0 aromatic heterocycles. The molecule has 0 saturated heterocycles. The molecule has 3 fully saturated rings. The second-order valence-electron chi connectivity index (χ2n) is 5.70. The van der Waals surface area contributed by atoms with Gasteiger partial charge in [-0.15, -0.1) is 0 Å². The van der Waals surface area contributed by atoms with E-state index in [9.17, 15) is 0 Å². The molecule has 0 unspecified atom stereocenters. The van der Waals surface area contributed by atoms with Crippen LogP contribution in [0.25, 0.3) is 0 Å². The van der Waals surface area contributed by atoms with Gasteiger partial charge in [0.15, 0.2) is 0 Å². The number of nitrogens with one attached hydrogen (secondary N) is 1. The summed E-state index contributed by atoms with van der Waals surface area (Å²) in [5.74, 6) is 2.06. The molecule has 0 amide bonds. The van der Waals surface area contributed by atoms with E-state index in [0.29, 0.717) is 11.0 Å². The molecule has 1 N–H and O–H groups in total. The Morgan fingerprint density at radius 1 is 1.15 bits per heavy atom. The second-order valence-corrected chi connectivity index (χ2v) is 5.70. The van der Waals surface area contributed by atoms with Crippen LogP contribution in [0.4, 0.5) is 0 Å². The number of rotatable bonds is 1. The lowest BCUT2D eigenvalue weighted by molar-refractivity contribution is 0.0731. The Bertz CT molecular complexity index is 237. The fourth-order valence-corrected chi connectivity index (χ4v) is 5.10. The molecule has 0 radical (unpaired) electrons. The predicted molar refractivity (Wildman–Crippen MR) is 54.6 cm³/mol. The highest BCUT2D eigenvalue weighted by Crippen LogP contribution is 2.67. The minimum absolute atomic E-state index is 0.552. The van der Waals surface area contributed by atoms with Crippen LogP contribution in [0.3, 0.4) is 0 Å². The Balaban J connectivity index is 2.07. The van der Waals surface area contributed by atoms with Crippen molar-refractivity contribution in [2.75, 3.05) is 7.05 Å². The minimum atomic E-state index is 0.552. The van der Waals surface area contributed by atoms with E-state index in [2.05, 4.69) is 19.3 Å². The quantitative estimate of drug-likeness (QED) is 0.652. The Hall–Kier alpha value is -0.0400. The van der Waals surface area contributed by atoms with Gasteiger partial charge < -0.3 is 5.32 Å². The van der Waals surface area contributed by atoms with E-state index < -0.39 is 0 Å². The first-order chi connectivity index (χ1) is 6.23. The van der Waals surface area contributed by atoms with Crippen LogP contribution in [0, 0.1) is 17.3 Å². The van der Waals surface area contributed by atoms with Gasteiger partial charge in [-0.05, 0) is 56.4 Å².